The van der Waals surface area contributed by atoms with Crippen LogP contribution >= 0.6 is 11.3 Å². The molecule has 62 valence electrons. The van der Waals surface area contributed by atoms with Gasteiger partial charge in [0.25, 0.3) is 5.89 Å². The molecule has 2 rings (SSSR count). The third-order valence-electron chi connectivity index (χ3n) is 1.49. The first-order chi connectivity index (χ1) is 5.77. The molecule has 0 saturated heterocycles. The van der Waals surface area contributed by atoms with Gasteiger partial charge in [-0.3, -0.25) is 0 Å². The number of aromatic nitrogens is 2. The van der Waals surface area contributed by atoms with Crippen LogP contribution in [0.5, 0.6) is 0 Å². The van der Waals surface area contributed by atoms with Gasteiger partial charge in [0.05, 0.1) is 9.88 Å². The van der Waals surface area contributed by atoms with Crippen molar-refractivity contribution in [2.24, 2.45) is 0 Å². The van der Waals surface area contributed by atoms with Crippen LogP contribution in [-0.2, 0) is 0 Å². The molecule has 0 aliphatic rings. The van der Waals surface area contributed by atoms with Crippen molar-refractivity contribution in [1.82, 2.24) is 10.1 Å². The summed E-state index contributed by atoms with van der Waals surface area (Å²) in [6.45, 7) is 1.96. The second-order valence-electron chi connectivity index (χ2n) is 2.41. The van der Waals surface area contributed by atoms with Crippen molar-refractivity contribution in [1.29, 1.82) is 0 Å². The molecule has 0 bridgehead atoms. The summed E-state index contributed by atoms with van der Waals surface area (Å²) in [6, 6.07) is 1.89. The number of aryl methyl sites for hydroxylation is 1. The number of nitrogens with zero attached hydrogens (tertiary/aromatic N) is 2. The Balaban J connectivity index is 2.54. The molecule has 0 aliphatic heterocycles. The molecule has 2 heterocycles. The molecule has 0 aliphatic carbocycles. The molecule has 0 unspecified atom stereocenters. The number of nitrogen functional groups attached to an aromatic ring is 1. The lowest BCUT2D eigenvalue weighted by atomic mass is 10.3. The zero-order valence-corrected chi connectivity index (χ0v) is 7.26. The molecule has 0 radical (unpaired) electrons. The van der Waals surface area contributed by atoms with E-state index in [0.717, 1.165) is 15.4 Å². The third kappa shape index (κ3) is 1.08. The zero-order valence-electron chi connectivity index (χ0n) is 6.44. The first kappa shape index (κ1) is 7.30. The molecular weight excluding hydrogens is 174 g/mol. The highest BCUT2D eigenvalue weighted by Crippen LogP contribution is 2.31. The number of thiophene rings is 1. The van der Waals surface area contributed by atoms with Gasteiger partial charge in [0, 0.05) is 0 Å². The maximum absolute atomic E-state index is 5.61. The van der Waals surface area contributed by atoms with Gasteiger partial charge in [-0.25, -0.2) is 0 Å². The molecule has 0 aromatic carbocycles. The van der Waals surface area contributed by atoms with Crippen molar-refractivity contribution >= 4 is 16.3 Å². The van der Waals surface area contributed by atoms with Gasteiger partial charge in [-0.1, -0.05) is 5.16 Å². The molecule has 12 heavy (non-hydrogen) atoms. The van der Waals surface area contributed by atoms with Crippen molar-refractivity contribution in [2.75, 3.05) is 5.73 Å². The van der Waals surface area contributed by atoms with Gasteiger partial charge >= 0.3 is 0 Å². The molecule has 2 aromatic heterocycles. The highest BCUT2D eigenvalue weighted by Gasteiger charge is 2.10. The minimum absolute atomic E-state index is 0.536. The topological polar surface area (TPSA) is 64.9 Å². The Morgan fingerprint density at radius 1 is 1.58 bits per heavy atom. The van der Waals surface area contributed by atoms with E-state index >= 15 is 0 Å². The minimum Gasteiger partial charge on any atom is -0.391 e. The fourth-order valence-corrected chi connectivity index (χ4v) is 1.86. The van der Waals surface area contributed by atoms with E-state index < -0.39 is 0 Å². The summed E-state index contributed by atoms with van der Waals surface area (Å²) in [5, 5.41) is 4.29. The van der Waals surface area contributed by atoms with Gasteiger partial charge in [0.1, 0.15) is 0 Å². The molecule has 2 aromatic rings. The van der Waals surface area contributed by atoms with Gasteiger partial charge in [-0.15, -0.1) is 11.3 Å². The maximum atomic E-state index is 5.61. The summed E-state index contributed by atoms with van der Waals surface area (Å²) < 4.78 is 4.91. The Morgan fingerprint density at radius 2 is 2.42 bits per heavy atom. The van der Waals surface area contributed by atoms with Crippen LogP contribution in [0.25, 0.3) is 10.8 Å². The Labute approximate surface area is 73.0 Å². The van der Waals surface area contributed by atoms with E-state index in [2.05, 4.69) is 10.1 Å². The molecular formula is C7H7N3OS. The van der Waals surface area contributed by atoms with E-state index in [4.69, 9.17) is 10.3 Å². The number of anilines is 1. The molecule has 5 heteroatoms. The number of rotatable bonds is 1. The van der Waals surface area contributed by atoms with Crippen molar-refractivity contribution < 1.29 is 4.52 Å². The van der Waals surface area contributed by atoms with Crippen LogP contribution in [0.1, 0.15) is 5.56 Å². The lowest BCUT2D eigenvalue weighted by molar-refractivity contribution is 0.431. The molecule has 4 nitrogen and oxygen atoms in total. The molecule has 2 N–H and O–H groups in total. The van der Waals surface area contributed by atoms with Crippen LogP contribution < -0.4 is 5.73 Å². The van der Waals surface area contributed by atoms with E-state index in [1.54, 1.807) is 0 Å². The highest BCUT2D eigenvalue weighted by molar-refractivity contribution is 7.19. The first-order valence-electron chi connectivity index (χ1n) is 3.40. The number of hydrogen-bond acceptors (Lipinski definition) is 5. The van der Waals surface area contributed by atoms with E-state index in [1.165, 1.54) is 17.7 Å². The lowest BCUT2D eigenvalue weighted by Crippen LogP contribution is -1.73. The second-order valence-corrected chi connectivity index (χ2v) is 3.49. The van der Waals surface area contributed by atoms with Crippen molar-refractivity contribution in [3.05, 3.63) is 18.0 Å². The Hall–Kier alpha value is -1.36. The Morgan fingerprint density at radius 3 is 2.92 bits per heavy atom. The van der Waals surface area contributed by atoms with Gasteiger partial charge < -0.3 is 10.3 Å². The zero-order chi connectivity index (χ0) is 8.55. The maximum Gasteiger partial charge on any atom is 0.268 e. The Bertz CT molecular complexity index is 379. The molecule has 0 amide bonds. The SMILES string of the molecule is Cc1cc(N)sc1-c1ncno1. The van der Waals surface area contributed by atoms with Gasteiger partial charge in [0.15, 0.2) is 6.33 Å². The summed E-state index contributed by atoms with van der Waals surface area (Å²) in [5.41, 5.74) is 6.69. The average Bonchev–Trinajstić information content (AvgIpc) is 2.58. The van der Waals surface area contributed by atoms with E-state index in [1.807, 2.05) is 13.0 Å². The predicted octanol–water partition coefficient (Wildman–Crippen LogP) is 1.69. The molecule has 0 saturated carbocycles. The standard InChI is InChI=1S/C7H7N3OS/c1-4-2-5(8)12-6(4)7-9-3-10-11-7/h2-3H,8H2,1H3. The third-order valence-corrected chi connectivity index (χ3v) is 2.55. The summed E-state index contributed by atoms with van der Waals surface area (Å²) in [5.74, 6) is 0.536. The van der Waals surface area contributed by atoms with E-state index in [-0.39, 0.29) is 0 Å². The fraction of sp³-hybridized carbons (Fsp3) is 0.143. The average molecular weight is 181 g/mol. The first-order valence-corrected chi connectivity index (χ1v) is 4.22. The quantitative estimate of drug-likeness (QED) is 0.727. The largest absolute Gasteiger partial charge is 0.391 e. The van der Waals surface area contributed by atoms with Crippen LogP contribution in [0.15, 0.2) is 16.9 Å². The smallest absolute Gasteiger partial charge is 0.268 e. The number of nitrogens with two attached hydrogens (primary N) is 1. The second kappa shape index (κ2) is 2.60. The normalized spacial score (nSPS) is 10.4. The van der Waals surface area contributed by atoms with Crippen molar-refractivity contribution in [2.45, 2.75) is 6.92 Å². The number of hydrogen-bond donors (Lipinski definition) is 1. The van der Waals surface area contributed by atoms with Crippen LogP contribution in [0.3, 0.4) is 0 Å². The highest BCUT2D eigenvalue weighted by atomic mass is 32.1. The van der Waals surface area contributed by atoms with Crippen LogP contribution in [-0.4, -0.2) is 10.1 Å². The van der Waals surface area contributed by atoms with Crippen LogP contribution in [0.4, 0.5) is 5.00 Å². The molecule has 0 atom stereocenters. The molecule has 0 fully saturated rings. The fourth-order valence-electron chi connectivity index (χ4n) is 0.992. The van der Waals surface area contributed by atoms with E-state index in [9.17, 15) is 0 Å². The van der Waals surface area contributed by atoms with Gasteiger partial charge in [-0.05, 0) is 18.6 Å². The summed E-state index contributed by atoms with van der Waals surface area (Å²) in [7, 11) is 0. The van der Waals surface area contributed by atoms with Crippen molar-refractivity contribution in [3.63, 3.8) is 0 Å². The minimum atomic E-state index is 0.536. The van der Waals surface area contributed by atoms with Gasteiger partial charge in [-0.2, -0.15) is 4.98 Å². The monoisotopic (exact) mass is 181 g/mol. The van der Waals surface area contributed by atoms with Crippen LogP contribution in [0, 0.1) is 6.92 Å². The van der Waals surface area contributed by atoms with E-state index in [0.29, 0.717) is 5.89 Å². The predicted molar refractivity (Wildman–Crippen MR) is 46.8 cm³/mol. The summed E-state index contributed by atoms with van der Waals surface area (Å²) in [6.07, 6.45) is 1.38. The summed E-state index contributed by atoms with van der Waals surface area (Å²) in [4.78, 5) is 4.89. The Kier molecular flexibility index (Phi) is 1.58. The van der Waals surface area contributed by atoms with Crippen molar-refractivity contribution in [3.8, 4) is 10.8 Å². The van der Waals surface area contributed by atoms with Gasteiger partial charge in [0.2, 0.25) is 0 Å². The lowest BCUT2D eigenvalue weighted by Gasteiger charge is -1.87. The van der Waals surface area contributed by atoms with Crippen LogP contribution in [0.2, 0.25) is 0 Å². The summed E-state index contributed by atoms with van der Waals surface area (Å²) >= 11 is 1.45. The molecule has 0 spiro atoms.